The van der Waals surface area contributed by atoms with Crippen molar-refractivity contribution in [3.8, 4) is 0 Å². The van der Waals surface area contributed by atoms with E-state index in [0.29, 0.717) is 11.8 Å². The van der Waals surface area contributed by atoms with Gasteiger partial charge in [0.1, 0.15) is 5.78 Å². The smallest absolute Gasteiger partial charge is 0.135 e. The number of hydrogen-bond acceptors (Lipinski definition) is 2. The number of Topliss-reactive ketones (excluding diaryl/α,β-unsaturated/α-hetero) is 1. The van der Waals surface area contributed by atoms with E-state index in [4.69, 9.17) is 0 Å². The third-order valence-corrected chi connectivity index (χ3v) is 2.65. The maximum Gasteiger partial charge on any atom is 0.135 e. The third kappa shape index (κ3) is 3.31. The molecule has 1 unspecified atom stereocenters. The van der Waals surface area contributed by atoms with Crippen LogP contribution in [0.2, 0.25) is 0 Å². The van der Waals surface area contributed by atoms with Gasteiger partial charge in [0.15, 0.2) is 0 Å². The van der Waals surface area contributed by atoms with E-state index in [1.54, 1.807) is 0 Å². The van der Waals surface area contributed by atoms with Gasteiger partial charge < -0.3 is 0 Å². The topological polar surface area (TPSA) is 20.3 Å². The lowest BCUT2D eigenvalue weighted by molar-refractivity contribution is -0.122. The molecular formula is C11H19NO. The first-order chi connectivity index (χ1) is 6.09. The van der Waals surface area contributed by atoms with Crippen molar-refractivity contribution in [1.29, 1.82) is 0 Å². The molecule has 74 valence electrons. The van der Waals surface area contributed by atoms with Crippen LogP contribution in [-0.2, 0) is 4.79 Å². The second-order valence-electron chi connectivity index (χ2n) is 4.08. The van der Waals surface area contributed by atoms with E-state index in [9.17, 15) is 4.79 Å². The molecule has 0 aromatic heterocycles. The normalized spacial score (nSPS) is 24.8. The number of carbonyl (C=O) groups excluding carboxylic acids is 1. The number of ketones is 1. The molecule has 0 aromatic carbocycles. The quantitative estimate of drug-likeness (QED) is 0.621. The molecule has 0 spiro atoms. The summed E-state index contributed by atoms with van der Waals surface area (Å²) in [5.74, 6) is 0.416. The highest BCUT2D eigenvalue weighted by Crippen LogP contribution is 2.14. The molecule has 0 radical (unpaired) electrons. The highest BCUT2D eigenvalue weighted by molar-refractivity contribution is 5.79. The van der Waals surface area contributed by atoms with Gasteiger partial charge >= 0.3 is 0 Å². The van der Waals surface area contributed by atoms with E-state index < -0.39 is 0 Å². The Kier molecular flexibility index (Phi) is 3.67. The van der Waals surface area contributed by atoms with Crippen LogP contribution >= 0.6 is 0 Å². The summed E-state index contributed by atoms with van der Waals surface area (Å²) >= 11 is 0. The van der Waals surface area contributed by atoms with Crippen molar-refractivity contribution in [2.45, 2.75) is 39.2 Å². The molecule has 0 aromatic rings. The Morgan fingerprint density at radius 1 is 1.69 bits per heavy atom. The van der Waals surface area contributed by atoms with Crippen LogP contribution in [0.5, 0.6) is 0 Å². The van der Waals surface area contributed by atoms with Gasteiger partial charge in [-0.1, -0.05) is 5.57 Å². The van der Waals surface area contributed by atoms with Gasteiger partial charge in [0, 0.05) is 32.0 Å². The predicted molar refractivity (Wildman–Crippen MR) is 54.7 cm³/mol. The van der Waals surface area contributed by atoms with Gasteiger partial charge in [-0.15, -0.1) is 6.58 Å². The summed E-state index contributed by atoms with van der Waals surface area (Å²) in [6, 6.07) is 0.431. The minimum Gasteiger partial charge on any atom is -0.300 e. The molecule has 13 heavy (non-hydrogen) atoms. The standard InChI is InChI=1S/C11H19NO/c1-9(2)4-6-12-7-5-11(13)8-10(12)3/h10H,1,4-8H2,2-3H3. The minimum atomic E-state index is 0.416. The van der Waals surface area contributed by atoms with Crippen LogP contribution < -0.4 is 0 Å². The second-order valence-corrected chi connectivity index (χ2v) is 4.08. The zero-order valence-corrected chi connectivity index (χ0v) is 8.68. The van der Waals surface area contributed by atoms with Gasteiger partial charge in [0.05, 0.1) is 0 Å². The Morgan fingerprint density at radius 2 is 2.38 bits per heavy atom. The fourth-order valence-electron chi connectivity index (χ4n) is 1.72. The average Bonchev–Trinajstić information content (AvgIpc) is 2.02. The molecule has 1 rings (SSSR count). The Bertz CT molecular complexity index is 210. The summed E-state index contributed by atoms with van der Waals surface area (Å²) in [4.78, 5) is 13.5. The van der Waals surface area contributed by atoms with Crippen LogP contribution in [0.3, 0.4) is 0 Å². The van der Waals surface area contributed by atoms with Crippen LogP contribution in [0.1, 0.15) is 33.1 Å². The highest BCUT2D eigenvalue weighted by atomic mass is 16.1. The first-order valence-corrected chi connectivity index (χ1v) is 4.99. The molecule has 2 nitrogen and oxygen atoms in total. The van der Waals surface area contributed by atoms with E-state index in [1.165, 1.54) is 5.57 Å². The highest BCUT2D eigenvalue weighted by Gasteiger charge is 2.22. The van der Waals surface area contributed by atoms with Crippen molar-refractivity contribution in [3.63, 3.8) is 0 Å². The lowest BCUT2D eigenvalue weighted by Gasteiger charge is -2.32. The maximum absolute atomic E-state index is 11.1. The molecular weight excluding hydrogens is 162 g/mol. The lowest BCUT2D eigenvalue weighted by atomic mass is 10.0. The average molecular weight is 181 g/mol. The summed E-state index contributed by atoms with van der Waals surface area (Å²) in [7, 11) is 0. The van der Waals surface area contributed by atoms with E-state index >= 15 is 0 Å². The Morgan fingerprint density at radius 3 is 2.92 bits per heavy atom. The fraction of sp³-hybridized carbons (Fsp3) is 0.727. The van der Waals surface area contributed by atoms with Crippen LogP contribution in [-0.4, -0.2) is 29.8 Å². The van der Waals surface area contributed by atoms with Crippen LogP contribution in [0, 0.1) is 0 Å². The SMILES string of the molecule is C=C(C)CCN1CCC(=O)CC1C. The van der Waals surface area contributed by atoms with Crippen molar-refractivity contribution in [2.75, 3.05) is 13.1 Å². The summed E-state index contributed by atoms with van der Waals surface area (Å²) < 4.78 is 0. The molecule has 1 aliphatic heterocycles. The van der Waals surface area contributed by atoms with Crippen molar-refractivity contribution in [2.24, 2.45) is 0 Å². The minimum absolute atomic E-state index is 0.416. The molecule has 2 heteroatoms. The first kappa shape index (κ1) is 10.5. The van der Waals surface area contributed by atoms with Gasteiger partial charge in [-0.2, -0.15) is 0 Å². The number of nitrogens with zero attached hydrogens (tertiary/aromatic N) is 1. The predicted octanol–water partition coefficient (Wildman–Crippen LogP) is 2.01. The number of carbonyl (C=O) groups is 1. The number of rotatable bonds is 3. The van der Waals surface area contributed by atoms with Gasteiger partial charge in [-0.05, 0) is 20.3 Å². The first-order valence-electron chi connectivity index (χ1n) is 4.99. The molecule has 1 fully saturated rings. The molecule has 1 saturated heterocycles. The molecule has 0 N–H and O–H groups in total. The zero-order chi connectivity index (χ0) is 9.84. The molecule has 0 amide bonds. The Balaban J connectivity index is 2.33. The number of piperidine rings is 1. The number of likely N-dealkylation sites (tertiary alicyclic amines) is 1. The molecule has 0 saturated carbocycles. The maximum atomic E-state index is 11.1. The monoisotopic (exact) mass is 181 g/mol. The second kappa shape index (κ2) is 4.56. The van der Waals surface area contributed by atoms with Gasteiger partial charge in [-0.3, -0.25) is 9.69 Å². The van der Waals surface area contributed by atoms with Crippen LogP contribution in [0.4, 0.5) is 0 Å². The van der Waals surface area contributed by atoms with Gasteiger partial charge in [-0.25, -0.2) is 0 Å². The van der Waals surface area contributed by atoms with Crippen LogP contribution in [0.15, 0.2) is 12.2 Å². The molecule has 1 atom stereocenters. The summed E-state index contributed by atoms with van der Waals surface area (Å²) in [5, 5.41) is 0. The summed E-state index contributed by atoms with van der Waals surface area (Å²) in [6.07, 6.45) is 2.52. The van der Waals surface area contributed by atoms with Crippen molar-refractivity contribution in [3.05, 3.63) is 12.2 Å². The fourth-order valence-corrected chi connectivity index (χ4v) is 1.72. The van der Waals surface area contributed by atoms with Gasteiger partial charge in [0.2, 0.25) is 0 Å². The summed E-state index contributed by atoms with van der Waals surface area (Å²) in [6.45, 7) is 10.1. The van der Waals surface area contributed by atoms with Gasteiger partial charge in [0.25, 0.3) is 0 Å². The van der Waals surface area contributed by atoms with E-state index in [2.05, 4.69) is 25.3 Å². The molecule has 0 bridgehead atoms. The Labute approximate surface area is 80.6 Å². The molecule has 0 aliphatic carbocycles. The van der Waals surface area contributed by atoms with Crippen LogP contribution in [0.25, 0.3) is 0 Å². The molecule has 1 aliphatic rings. The van der Waals surface area contributed by atoms with Crippen molar-refractivity contribution in [1.82, 2.24) is 4.90 Å². The largest absolute Gasteiger partial charge is 0.300 e. The van der Waals surface area contributed by atoms with Crippen molar-refractivity contribution < 1.29 is 4.79 Å². The number of hydrogen-bond donors (Lipinski definition) is 0. The van der Waals surface area contributed by atoms with E-state index in [1.807, 2.05) is 0 Å². The summed E-state index contributed by atoms with van der Waals surface area (Å²) in [5.41, 5.74) is 1.23. The Hall–Kier alpha value is -0.630. The lowest BCUT2D eigenvalue weighted by Crippen LogP contribution is -2.41. The van der Waals surface area contributed by atoms with E-state index in [-0.39, 0.29) is 0 Å². The zero-order valence-electron chi connectivity index (χ0n) is 8.68. The van der Waals surface area contributed by atoms with E-state index in [0.717, 1.165) is 32.4 Å². The van der Waals surface area contributed by atoms with Crippen molar-refractivity contribution >= 4 is 5.78 Å². The third-order valence-electron chi connectivity index (χ3n) is 2.65. The molecule has 1 heterocycles.